The van der Waals surface area contributed by atoms with Crippen LogP contribution in [0.4, 0.5) is 0 Å². The number of halogens is 1. The number of hydrogen-bond donors (Lipinski definition) is 1. The van der Waals surface area contributed by atoms with Crippen LogP contribution in [0.5, 0.6) is 5.75 Å². The summed E-state index contributed by atoms with van der Waals surface area (Å²) in [5, 5.41) is 9.18. The maximum Gasteiger partial charge on any atom is 0.260 e. The topological polar surface area (TPSA) is 59.0 Å². The Kier molecular flexibility index (Phi) is 5.61. The van der Waals surface area contributed by atoms with Gasteiger partial charge in [-0.25, -0.2) is 0 Å². The third-order valence-electron chi connectivity index (χ3n) is 3.32. The minimum atomic E-state index is -0.316. The standard InChI is InChI=1S/C15H20BrNO4/c1-10-3-4-14(13(16)5-10)20-9-15(19)17-6-11(2)21-12(7-17)8-18/h3-5,11-12,18H,6-9H2,1-2H3. The summed E-state index contributed by atoms with van der Waals surface area (Å²) in [4.78, 5) is 13.9. The number of hydrogen-bond acceptors (Lipinski definition) is 4. The highest BCUT2D eigenvalue weighted by molar-refractivity contribution is 9.10. The second-order valence-electron chi connectivity index (χ2n) is 5.27. The van der Waals surface area contributed by atoms with Gasteiger partial charge in [0.25, 0.3) is 5.91 Å². The monoisotopic (exact) mass is 357 g/mol. The number of aliphatic hydroxyl groups is 1. The second kappa shape index (κ2) is 7.24. The van der Waals surface area contributed by atoms with Gasteiger partial charge in [0.1, 0.15) is 5.75 Å². The molecule has 0 bridgehead atoms. The van der Waals surface area contributed by atoms with E-state index in [1.807, 2.05) is 32.0 Å². The van der Waals surface area contributed by atoms with Crippen LogP contribution in [0.25, 0.3) is 0 Å². The van der Waals surface area contributed by atoms with E-state index in [1.54, 1.807) is 4.90 Å². The van der Waals surface area contributed by atoms with Crippen molar-refractivity contribution >= 4 is 21.8 Å². The third-order valence-corrected chi connectivity index (χ3v) is 3.94. The van der Waals surface area contributed by atoms with Gasteiger partial charge in [0, 0.05) is 13.1 Å². The predicted molar refractivity (Wildman–Crippen MR) is 82.4 cm³/mol. The van der Waals surface area contributed by atoms with Gasteiger partial charge >= 0.3 is 0 Å². The molecule has 1 amide bonds. The van der Waals surface area contributed by atoms with Crippen LogP contribution in [-0.2, 0) is 9.53 Å². The van der Waals surface area contributed by atoms with E-state index in [1.165, 1.54) is 0 Å². The van der Waals surface area contributed by atoms with Gasteiger partial charge in [0.15, 0.2) is 6.61 Å². The van der Waals surface area contributed by atoms with E-state index in [9.17, 15) is 9.90 Å². The number of amides is 1. The van der Waals surface area contributed by atoms with Gasteiger partial charge in [0.05, 0.1) is 23.3 Å². The van der Waals surface area contributed by atoms with Crippen molar-refractivity contribution in [3.05, 3.63) is 28.2 Å². The van der Waals surface area contributed by atoms with Gasteiger partial charge in [-0.2, -0.15) is 0 Å². The van der Waals surface area contributed by atoms with E-state index in [2.05, 4.69) is 15.9 Å². The van der Waals surface area contributed by atoms with Crippen molar-refractivity contribution in [3.63, 3.8) is 0 Å². The minimum absolute atomic E-state index is 0.0213. The molecule has 2 rings (SSSR count). The largest absolute Gasteiger partial charge is 0.483 e. The van der Waals surface area contributed by atoms with Crippen molar-refractivity contribution in [2.75, 3.05) is 26.3 Å². The molecule has 1 aliphatic rings. The number of ether oxygens (including phenoxy) is 2. The van der Waals surface area contributed by atoms with E-state index < -0.39 is 0 Å². The van der Waals surface area contributed by atoms with Crippen molar-refractivity contribution in [1.82, 2.24) is 4.90 Å². The van der Waals surface area contributed by atoms with Crippen molar-refractivity contribution in [1.29, 1.82) is 0 Å². The highest BCUT2D eigenvalue weighted by Gasteiger charge is 2.28. The molecule has 116 valence electrons. The molecule has 5 nitrogen and oxygen atoms in total. The summed E-state index contributed by atoms with van der Waals surface area (Å²) in [6.45, 7) is 4.69. The lowest BCUT2D eigenvalue weighted by Crippen LogP contribution is -2.51. The fourth-order valence-electron chi connectivity index (χ4n) is 2.30. The van der Waals surface area contributed by atoms with Gasteiger partial charge in [-0.05, 0) is 47.5 Å². The number of carbonyl (C=O) groups is 1. The highest BCUT2D eigenvalue weighted by atomic mass is 79.9. The molecule has 2 atom stereocenters. The Morgan fingerprint density at radius 2 is 2.29 bits per heavy atom. The first-order chi connectivity index (χ1) is 9.99. The van der Waals surface area contributed by atoms with E-state index in [0.717, 1.165) is 10.0 Å². The summed E-state index contributed by atoms with van der Waals surface area (Å²) >= 11 is 3.42. The molecule has 1 aromatic carbocycles. The van der Waals surface area contributed by atoms with Crippen LogP contribution in [0.2, 0.25) is 0 Å². The molecule has 1 aromatic rings. The number of nitrogens with zero attached hydrogens (tertiary/aromatic N) is 1. The minimum Gasteiger partial charge on any atom is -0.483 e. The van der Waals surface area contributed by atoms with Crippen LogP contribution in [0.3, 0.4) is 0 Å². The third kappa shape index (κ3) is 4.43. The Morgan fingerprint density at radius 3 is 2.95 bits per heavy atom. The first kappa shape index (κ1) is 16.3. The number of morpholine rings is 1. The maximum absolute atomic E-state index is 12.2. The Balaban J connectivity index is 1.92. The molecule has 0 saturated carbocycles. The second-order valence-corrected chi connectivity index (χ2v) is 6.13. The Bertz CT molecular complexity index is 508. The summed E-state index contributed by atoms with van der Waals surface area (Å²) < 4.78 is 11.9. The molecule has 1 saturated heterocycles. The van der Waals surface area contributed by atoms with Crippen LogP contribution in [0.1, 0.15) is 12.5 Å². The molecule has 1 N–H and O–H groups in total. The van der Waals surface area contributed by atoms with Gasteiger partial charge < -0.3 is 19.5 Å². The molecule has 0 radical (unpaired) electrons. The SMILES string of the molecule is Cc1ccc(OCC(=O)N2CC(C)OC(CO)C2)c(Br)c1. The molecule has 2 unspecified atom stereocenters. The number of benzene rings is 1. The van der Waals surface area contributed by atoms with Crippen LogP contribution in [-0.4, -0.2) is 54.4 Å². The number of aryl methyl sites for hydroxylation is 1. The van der Waals surface area contributed by atoms with Crippen molar-refractivity contribution < 1.29 is 19.4 Å². The first-order valence-electron chi connectivity index (χ1n) is 6.92. The average molecular weight is 358 g/mol. The molecular weight excluding hydrogens is 338 g/mol. The first-order valence-corrected chi connectivity index (χ1v) is 7.72. The smallest absolute Gasteiger partial charge is 0.260 e. The number of carbonyl (C=O) groups excluding carboxylic acids is 1. The van der Waals surface area contributed by atoms with Crippen LogP contribution >= 0.6 is 15.9 Å². The summed E-state index contributed by atoms with van der Waals surface area (Å²) in [6, 6.07) is 5.72. The lowest BCUT2D eigenvalue weighted by molar-refractivity contribution is -0.149. The zero-order valence-electron chi connectivity index (χ0n) is 12.2. The highest BCUT2D eigenvalue weighted by Crippen LogP contribution is 2.25. The summed E-state index contributed by atoms with van der Waals surface area (Å²) in [5.41, 5.74) is 1.12. The zero-order valence-corrected chi connectivity index (χ0v) is 13.8. The molecule has 21 heavy (non-hydrogen) atoms. The zero-order chi connectivity index (χ0) is 15.4. The van der Waals surface area contributed by atoms with Crippen molar-refractivity contribution in [2.24, 2.45) is 0 Å². The van der Waals surface area contributed by atoms with Gasteiger partial charge in [-0.15, -0.1) is 0 Å². The summed E-state index contributed by atoms with van der Waals surface area (Å²) in [5.74, 6) is 0.546. The predicted octanol–water partition coefficient (Wildman–Crippen LogP) is 1.74. The summed E-state index contributed by atoms with van der Waals surface area (Å²) in [7, 11) is 0. The van der Waals surface area contributed by atoms with Gasteiger partial charge in [-0.3, -0.25) is 4.79 Å². The lowest BCUT2D eigenvalue weighted by Gasteiger charge is -2.36. The summed E-state index contributed by atoms with van der Waals surface area (Å²) in [6.07, 6.45) is -0.394. The van der Waals surface area contributed by atoms with Crippen LogP contribution in [0, 0.1) is 6.92 Å². The van der Waals surface area contributed by atoms with E-state index in [0.29, 0.717) is 18.8 Å². The number of rotatable bonds is 4. The molecular formula is C15H20BrNO4. The average Bonchev–Trinajstić information content (AvgIpc) is 2.45. The van der Waals surface area contributed by atoms with E-state index in [-0.39, 0.29) is 31.3 Å². The number of aliphatic hydroxyl groups excluding tert-OH is 1. The molecule has 6 heteroatoms. The quantitative estimate of drug-likeness (QED) is 0.891. The fraction of sp³-hybridized carbons (Fsp3) is 0.533. The lowest BCUT2D eigenvalue weighted by atomic mass is 10.2. The van der Waals surface area contributed by atoms with Gasteiger partial charge in [-0.1, -0.05) is 6.07 Å². The molecule has 1 heterocycles. The molecule has 0 aromatic heterocycles. The fourth-order valence-corrected chi connectivity index (χ4v) is 2.91. The Morgan fingerprint density at radius 1 is 1.52 bits per heavy atom. The maximum atomic E-state index is 12.2. The van der Waals surface area contributed by atoms with Crippen LogP contribution < -0.4 is 4.74 Å². The van der Waals surface area contributed by atoms with Crippen LogP contribution in [0.15, 0.2) is 22.7 Å². The van der Waals surface area contributed by atoms with Crippen molar-refractivity contribution in [3.8, 4) is 5.75 Å². The van der Waals surface area contributed by atoms with Gasteiger partial charge in [0.2, 0.25) is 0 Å². The molecule has 1 fully saturated rings. The van der Waals surface area contributed by atoms with E-state index in [4.69, 9.17) is 9.47 Å². The molecule has 0 aliphatic carbocycles. The molecule has 0 spiro atoms. The van der Waals surface area contributed by atoms with E-state index >= 15 is 0 Å². The Labute approximate surface area is 133 Å². The Hall–Kier alpha value is -1.11. The van der Waals surface area contributed by atoms with Crippen molar-refractivity contribution in [2.45, 2.75) is 26.1 Å². The normalized spacial score (nSPS) is 22.2. The molecule has 1 aliphatic heterocycles.